The molecule has 1 aromatic carbocycles. The number of nitrogen functional groups attached to an aromatic ring is 1. The molecule has 6 heteroatoms. The number of fused-ring (bicyclic) bond motifs is 3. The summed E-state index contributed by atoms with van der Waals surface area (Å²) in [4.78, 5) is 14.3. The molecule has 0 radical (unpaired) electrons. The van der Waals surface area contributed by atoms with Crippen LogP contribution in [0.2, 0.25) is 0 Å². The summed E-state index contributed by atoms with van der Waals surface area (Å²) in [7, 11) is 0. The first kappa shape index (κ1) is 14.8. The molecule has 20 heavy (non-hydrogen) atoms. The highest BCUT2D eigenvalue weighted by Crippen LogP contribution is 2.24. The lowest BCUT2D eigenvalue weighted by molar-refractivity contribution is 0.0953. The number of nitrogens with one attached hydrogen (secondary N) is 1. The van der Waals surface area contributed by atoms with Crippen molar-refractivity contribution in [2.45, 2.75) is 12.8 Å². The van der Waals surface area contributed by atoms with Gasteiger partial charge in [0.2, 0.25) is 0 Å². The second-order valence-corrected chi connectivity index (χ2v) is 5.22. The molecule has 0 aromatic heterocycles. The summed E-state index contributed by atoms with van der Waals surface area (Å²) in [6.45, 7) is 3.22. The number of hydrogen-bond donors (Lipinski definition) is 2. The quantitative estimate of drug-likeness (QED) is 0.641. The van der Waals surface area contributed by atoms with E-state index in [9.17, 15) is 4.79 Å². The van der Waals surface area contributed by atoms with Gasteiger partial charge in [-0.05, 0) is 50.2 Å². The van der Waals surface area contributed by atoms with E-state index in [1.807, 2.05) is 0 Å². The van der Waals surface area contributed by atoms with Crippen LogP contribution in [0, 0.1) is 5.92 Å². The molecular weight excluding hydrogens is 276 g/mol. The van der Waals surface area contributed by atoms with Crippen molar-refractivity contribution in [2.75, 3.05) is 25.4 Å². The number of hydrogen-bond acceptors (Lipinski definition) is 4. The largest absolute Gasteiger partial charge is 0.399 e. The molecule has 4 rings (SSSR count). The van der Waals surface area contributed by atoms with Crippen molar-refractivity contribution >= 4 is 29.7 Å². The molecule has 0 saturated carbocycles. The molecule has 0 aliphatic carbocycles. The number of hydrazone groups is 1. The number of anilines is 1. The average molecular weight is 295 g/mol. The van der Waals surface area contributed by atoms with Crippen molar-refractivity contribution in [1.82, 2.24) is 10.3 Å². The summed E-state index contributed by atoms with van der Waals surface area (Å²) in [5.41, 5.74) is 10.6. The smallest absolute Gasteiger partial charge is 0.271 e. The van der Waals surface area contributed by atoms with E-state index in [0.29, 0.717) is 17.2 Å². The van der Waals surface area contributed by atoms with Gasteiger partial charge in [0.05, 0.1) is 5.71 Å². The summed E-state index contributed by atoms with van der Waals surface area (Å²) in [6.07, 6.45) is 2.33. The first-order valence-electron chi connectivity index (χ1n) is 6.67. The molecule has 2 bridgehead atoms. The Bertz CT molecular complexity index is 506. The van der Waals surface area contributed by atoms with Crippen LogP contribution in [0.5, 0.6) is 0 Å². The number of benzene rings is 1. The molecule has 1 amide bonds. The maximum Gasteiger partial charge on any atom is 0.271 e. The number of rotatable bonds is 2. The molecule has 0 spiro atoms. The predicted molar refractivity (Wildman–Crippen MR) is 82.2 cm³/mol. The van der Waals surface area contributed by atoms with Crippen LogP contribution in [-0.2, 0) is 0 Å². The molecule has 3 saturated heterocycles. The van der Waals surface area contributed by atoms with E-state index in [0.717, 1.165) is 38.2 Å². The molecule has 3 aliphatic rings. The van der Waals surface area contributed by atoms with Crippen LogP contribution in [0.25, 0.3) is 0 Å². The van der Waals surface area contributed by atoms with Crippen LogP contribution in [0.1, 0.15) is 23.2 Å². The van der Waals surface area contributed by atoms with Crippen LogP contribution in [0.15, 0.2) is 29.4 Å². The molecule has 3 fully saturated rings. The van der Waals surface area contributed by atoms with Gasteiger partial charge in [-0.25, -0.2) is 5.43 Å². The minimum absolute atomic E-state index is 0. The Morgan fingerprint density at radius 1 is 1.25 bits per heavy atom. The second-order valence-electron chi connectivity index (χ2n) is 5.22. The Morgan fingerprint density at radius 3 is 2.45 bits per heavy atom. The molecule has 5 nitrogen and oxygen atoms in total. The van der Waals surface area contributed by atoms with Crippen LogP contribution in [0.3, 0.4) is 0 Å². The lowest BCUT2D eigenvalue weighted by Gasteiger charge is -2.39. The van der Waals surface area contributed by atoms with E-state index in [2.05, 4.69) is 15.4 Å². The van der Waals surface area contributed by atoms with Gasteiger partial charge in [-0.2, -0.15) is 5.10 Å². The van der Waals surface area contributed by atoms with E-state index in [-0.39, 0.29) is 18.3 Å². The van der Waals surface area contributed by atoms with E-state index in [1.54, 1.807) is 24.3 Å². The zero-order valence-electron chi connectivity index (χ0n) is 11.2. The van der Waals surface area contributed by atoms with Crippen molar-refractivity contribution in [3.63, 3.8) is 0 Å². The normalized spacial score (nSPS) is 26.1. The van der Waals surface area contributed by atoms with Crippen molar-refractivity contribution < 1.29 is 4.79 Å². The molecule has 3 aliphatic heterocycles. The SMILES string of the molecule is Cl.Nc1ccc(C(=O)NN=C2CN3CCC2CC3)cc1. The fourth-order valence-corrected chi connectivity index (χ4v) is 2.73. The van der Waals surface area contributed by atoms with E-state index in [1.165, 1.54) is 0 Å². The maximum absolute atomic E-state index is 11.9. The van der Waals surface area contributed by atoms with Gasteiger partial charge in [0.15, 0.2) is 0 Å². The molecule has 3 heterocycles. The van der Waals surface area contributed by atoms with Crippen molar-refractivity contribution in [1.29, 1.82) is 0 Å². The molecule has 0 atom stereocenters. The number of carbonyl (C=O) groups excluding carboxylic acids is 1. The number of amides is 1. The monoisotopic (exact) mass is 294 g/mol. The third-order valence-corrected chi connectivity index (χ3v) is 3.92. The van der Waals surface area contributed by atoms with Gasteiger partial charge in [0.25, 0.3) is 5.91 Å². The number of piperidine rings is 3. The van der Waals surface area contributed by atoms with Gasteiger partial charge in [-0.15, -0.1) is 12.4 Å². The van der Waals surface area contributed by atoms with Crippen molar-refractivity contribution in [3.05, 3.63) is 29.8 Å². The second kappa shape index (κ2) is 6.24. The van der Waals surface area contributed by atoms with Gasteiger partial charge in [0.1, 0.15) is 0 Å². The van der Waals surface area contributed by atoms with Crippen molar-refractivity contribution in [2.24, 2.45) is 11.0 Å². The summed E-state index contributed by atoms with van der Waals surface area (Å²) in [5, 5.41) is 4.31. The van der Waals surface area contributed by atoms with E-state index < -0.39 is 0 Å². The topological polar surface area (TPSA) is 70.7 Å². The summed E-state index contributed by atoms with van der Waals surface area (Å²) < 4.78 is 0. The molecule has 108 valence electrons. The summed E-state index contributed by atoms with van der Waals surface area (Å²) in [5.74, 6) is 0.376. The summed E-state index contributed by atoms with van der Waals surface area (Å²) >= 11 is 0. The van der Waals surface area contributed by atoms with Crippen LogP contribution >= 0.6 is 12.4 Å². The Balaban J connectivity index is 0.00000147. The number of nitrogens with zero attached hydrogens (tertiary/aromatic N) is 2. The van der Waals surface area contributed by atoms with Gasteiger partial charge in [-0.3, -0.25) is 9.69 Å². The van der Waals surface area contributed by atoms with E-state index in [4.69, 9.17) is 5.73 Å². The molecule has 0 unspecified atom stereocenters. The highest BCUT2D eigenvalue weighted by atomic mass is 35.5. The van der Waals surface area contributed by atoms with Crippen LogP contribution in [0.4, 0.5) is 5.69 Å². The average Bonchev–Trinajstić information content (AvgIpc) is 2.47. The lowest BCUT2D eigenvalue weighted by atomic mass is 9.87. The van der Waals surface area contributed by atoms with Crippen LogP contribution in [-0.4, -0.2) is 36.2 Å². The number of nitrogens with two attached hydrogens (primary N) is 1. The van der Waals surface area contributed by atoms with E-state index >= 15 is 0 Å². The maximum atomic E-state index is 11.9. The fourth-order valence-electron chi connectivity index (χ4n) is 2.73. The standard InChI is InChI=1S/C14H18N4O.ClH/c15-12-3-1-11(2-4-12)14(19)17-16-13-9-18-7-5-10(13)6-8-18;/h1-4,10H,5-9,15H2,(H,17,19);1H. The van der Waals surface area contributed by atoms with Gasteiger partial charge < -0.3 is 5.73 Å². The van der Waals surface area contributed by atoms with Crippen molar-refractivity contribution in [3.8, 4) is 0 Å². The summed E-state index contributed by atoms with van der Waals surface area (Å²) in [6, 6.07) is 6.86. The first-order valence-corrected chi connectivity index (χ1v) is 6.67. The Kier molecular flexibility index (Phi) is 4.62. The molecule has 3 N–H and O–H groups in total. The third kappa shape index (κ3) is 3.11. The zero-order valence-corrected chi connectivity index (χ0v) is 12.0. The van der Waals surface area contributed by atoms with Gasteiger partial charge >= 0.3 is 0 Å². The minimum atomic E-state index is -0.177. The lowest BCUT2D eigenvalue weighted by Crippen LogP contribution is -2.48. The van der Waals surface area contributed by atoms with Gasteiger partial charge in [0, 0.05) is 23.7 Å². The highest BCUT2D eigenvalue weighted by Gasteiger charge is 2.30. The highest BCUT2D eigenvalue weighted by molar-refractivity contribution is 5.96. The molecular formula is C14H19ClN4O. The first-order chi connectivity index (χ1) is 9.22. The minimum Gasteiger partial charge on any atom is -0.399 e. The Morgan fingerprint density at radius 2 is 1.90 bits per heavy atom. The molecule has 1 aromatic rings. The predicted octanol–water partition coefficient (Wildman–Crippen LogP) is 1.50. The van der Waals surface area contributed by atoms with Crippen LogP contribution < -0.4 is 11.2 Å². The fraction of sp³-hybridized carbons (Fsp3) is 0.429. The third-order valence-electron chi connectivity index (χ3n) is 3.92. The van der Waals surface area contributed by atoms with Gasteiger partial charge in [-0.1, -0.05) is 0 Å². The number of halogens is 1. The Hall–Kier alpha value is -1.59. The number of carbonyl (C=O) groups is 1. The zero-order chi connectivity index (χ0) is 13.2. The Labute approximate surface area is 124 Å².